The van der Waals surface area contributed by atoms with Gasteiger partial charge in [-0.1, -0.05) is 41.2 Å². The maximum atomic E-state index is 12.7. The average Bonchev–Trinajstić information content (AvgIpc) is 3.19. The lowest BCUT2D eigenvalue weighted by Gasteiger charge is -2.30. The Balaban J connectivity index is 1.41. The second kappa shape index (κ2) is 6.47. The van der Waals surface area contributed by atoms with Crippen LogP contribution in [-0.2, 0) is 15.8 Å². The Kier molecular flexibility index (Phi) is 4.30. The summed E-state index contributed by atoms with van der Waals surface area (Å²) in [6.07, 6.45) is 3.17. The molecule has 0 amide bonds. The summed E-state index contributed by atoms with van der Waals surface area (Å²) in [6.45, 7) is 3.08. The lowest BCUT2D eigenvalue weighted by molar-refractivity contribution is 0.318. The largest absolute Gasteiger partial charge is 0.234 e. The van der Waals surface area contributed by atoms with Crippen LogP contribution in [0.25, 0.3) is 4.96 Å². The van der Waals surface area contributed by atoms with Crippen molar-refractivity contribution in [3.05, 3.63) is 46.7 Å². The Morgan fingerprint density at radius 1 is 1.20 bits per heavy atom. The van der Waals surface area contributed by atoms with Gasteiger partial charge in [0.05, 0.1) is 5.75 Å². The molecular weight excluding hydrogens is 358 g/mol. The number of sulfonamides is 1. The fourth-order valence-electron chi connectivity index (χ4n) is 3.11. The van der Waals surface area contributed by atoms with Crippen LogP contribution in [0.4, 0.5) is 0 Å². The monoisotopic (exact) mass is 377 g/mol. The zero-order valence-electron chi connectivity index (χ0n) is 13.9. The third-order valence-corrected chi connectivity index (χ3v) is 7.49. The number of hydrogen-bond donors (Lipinski definition) is 0. The lowest BCUT2D eigenvalue weighted by Crippen LogP contribution is -2.38. The van der Waals surface area contributed by atoms with Crippen LogP contribution in [0.1, 0.15) is 34.9 Å². The van der Waals surface area contributed by atoms with Gasteiger partial charge in [0.1, 0.15) is 11.3 Å². The molecule has 1 saturated heterocycles. The molecule has 132 valence electrons. The minimum absolute atomic E-state index is 0.0642. The first-order valence-corrected chi connectivity index (χ1v) is 10.6. The lowest BCUT2D eigenvalue weighted by atomic mass is 9.99. The van der Waals surface area contributed by atoms with Crippen LogP contribution in [0.2, 0.25) is 0 Å². The first-order valence-electron chi connectivity index (χ1n) is 8.21. The molecule has 9 heteroatoms. The van der Waals surface area contributed by atoms with E-state index in [4.69, 9.17) is 0 Å². The van der Waals surface area contributed by atoms with E-state index in [-0.39, 0.29) is 11.7 Å². The minimum Gasteiger partial charge on any atom is -0.212 e. The van der Waals surface area contributed by atoms with Crippen LogP contribution in [0.5, 0.6) is 0 Å². The molecule has 1 aliphatic rings. The molecule has 1 aliphatic heterocycles. The van der Waals surface area contributed by atoms with Crippen molar-refractivity contribution in [2.45, 2.75) is 31.4 Å². The highest BCUT2D eigenvalue weighted by Crippen LogP contribution is 2.32. The molecule has 25 heavy (non-hydrogen) atoms. The van der Waals surface area contributed by atoms with Gasteiger partial charge in [-0.15, -0.1) is 10.2 Å². The Hall–Kier alpha value is -1.84. The highest BCUT2D eigenvalue weighted by Gasteiger charge is 2.30. The second-order valence-electron chi connectivity index (χ2n) is 6.41. The summed E-state index contributed by atoms with van der Waals surface area (Å²) in [7, 11) is -3.28. The smallest absolute Gasteiger partial charge is 0.212 e. The molecule has 1 fully saturated rings. The van der Waals surface area contributed by atoms with Crippen molar-refractivity contribution >= 4 is 26.3 Å². The zero-order valence-corrected chi connectivity index (χ0v) is 15.5. The SMILES string of the molecule is Cc1ccc(CS(=O)(=O)N2CCC(c3nn4cnnc4s3)CC2)cc1. The molecule has 0 unspecified atom stereocenters. The predicted octanol–water partition coefficient (Wildman–Crippen LogP) is 2.20. The van der Waals surface area contributed by atoms with Crippen molar-refractivity contribution in [1.29, 1.82) is 0 Å². The average molecular weight is 377 g/mol. The van der Waals surface area contributed by atoms with E-state index < -0.39 is 10.0 Å². The molecule has 4 rings (SSSR count). The van der Waals surface area contributed by atoms with E-state index in [1.165, 1.54) is 11.3 Å². The topological polar surface area (TPSA) is 80.5 Å². The van der Waals surface area contributed by atoms with E-state index in [1.54, 1.807) is 15.1 Å². The fourth-order valence-corrected chi connectivity index (χ4v) is 5.66. The number of aromatic nitrogens is 4. The molecule has 7 nitrogen and oxygen atoms in total. The van der Waals surface area contributed by atoms with Crippen LogP contribution in [0, 0.1) is 6.92 Å². The van der Waals surface area contributed by atoms with E-state index >= 15 is 0 Å². The van der Waals surface area contributed by atoms with Gasteiger partial charge in [0.25, 0.3) is 0 Å². The van der Waals surface area contributed by atoms with Gasteiger partial charge >= 0.3 is 0 Å². The van der Waals surface area contributed by atoms with Gasteiger partial charge in [-0.3, -0.25) is 0 Å². The molecule has 0 saturated carbocycles. The van der Waals surface area contributed by atoms with E-state index in [0.29, 0.717) is 13.1 Å². The number of benzene rings is 1. The molecule has 0 atom stereocenters. The number of fused-ring (bicyclic) bond motifs is 1. The van der Waals surface area contributed by atoms with Crippen LogP contribution >= 0.6 is 11.3 Å². The number of hydrogen-bond acceptors (Lipinski definition) is 6. The number of aryl methyl sites for hydroxylation is 1. The summed E-state index contributed by atoms with van der Waals surface area (Å²) in [4.78, 5) is 0.782. The molecule has 2 aromatic heterocycles. The molecule has 0 radical (unpaired) electrons. The number of rotatable bonds is 4. The van der Waals surface area contributed by atoms with Gasteiger partial charge in [0.15, 0.2) is 0 Å². The van der Waals surface area contributed by atoms with E-state index in [0.717, 1.165) is 33.9 Å². The number of nitrogens with zero attached hydrogens (tertiary/aromatic N) is 5. The summed E-state index contributed by atoms with van der Waals surface area (Å²) in [5.41, 5.74) is 1.97. The Labute approximate surface area is 150 Å². The van der Waals surface area contributed by atoms with Crippen LogP contribution < -0.4 is 0 Å². The third kappa shape index (κ3) is 3.44. The summed E-state index contributed by atoms with van der Waals surface area (Å²) < 4.78 is 28.6. The first kappa shape index (κ1) is 16.6. The quantitative estimate of drug-likeness (QED) is 0.696. The molecular formula is C16H19N5O2S2. The van der Waals surface area contributed by atoms with Crippen molar-refractivity contribution in [2.75, 3.05) is 13.1 Å². The van der Waals surface area contributed by atoms with Crippen molar-refractivity contribution in [3.63, 3.8) is 0 Å². The van der Waals surface area contributed by atoms with E-state index in [1.807, 2.05) is 31.2 Å². The molecule has 0 aliphatic carbocycles. The van der Waals surface area contributed by atoms with Crippen LogP contribution in [0.15, 0.2) is 30.6 Å². The molecule has 0 spiro atoms. The maximum Gasteiger partial charge on any atom is 0.234 e. The summed E-state index contributed by atoms with van der Waals surface area (Å²) in [5.74, 6) is 0.354. The molecule has 3 heterocycles. The second-order valence-corrected chi connectivity index (χ2v) is 9.37. The standard InChI is InChI=1S/C16H19N5O2S2/c1-12-2-4-13(5-3-12)10-25(22,23)20-8-6-14(7-9-20)15-19-21-11-17-18-16(21)24-15/h2-5,11,14H,6-10H2,1H3. The van der Waals surface area contributed by atoms with Gasteiger partial charge in [-0.25, -0.2) is 12.7 Å². The predicted molar refractivity (Wildman–Crippen MR) is 96.0 cm³/mol. The Morgan fingerprint density at radius 2 is 1.92 bits per heavy atom. The van der Waals surface area contributed by atoms with Crippen molar-refractivity contribution in [1.82, 2.24) is 24.1 Å². The summed E-state index contributed by atoms with van der Waals surface area (Å²) in [5, 5.41) is 13.3. The first-order chi connectivity index (χ1) is 12.0. The van der Waals surface area contributed by atoms with Crippen LogP contribution in [0.3, 0.4) is 0 Å². The van der Waals surface area contributed by atoms with Crippen molar-refractivity contribution in [2.24, 2.45) is 0 Å². The third-order valence-electron chi connectivity index (χ3n) is 4.57. The van der Waals surface area contributed by atoms with E-state index in [2.05, 4.69) is 15.3 Å². The Bertz CT molecular complexity index is 941. The van der Waals surface area contributed by atoms with Crippen LogP contribution in [-0.4, -0.2) is 45.6 Å². The zero-order chi connectivity index (χ0) is 17.4. The van der Waals surface area contributed by atoms with Gasteiger partial charge in [-0.2, -0.15) is 9.61 Å². The normalized spacial score (nSPS) is 17.3. The van der Waals surface area contributed by atoms with Gasteiger partial charge < -0.3 is 0 Å². The van der Waals surface area contributed by atoms with Crippen molar-refractivity contribution < 1.29 is 8.42 Å². The van der Waals surface area contributed by atoms with Gasteiger partial charge in [0, 0.05) is 19.0 Å². The van der Waals surface area contributed by atoms with Crippen molar-refractivity contribution in [3.8, 4) is 0 Å². The maximum absolute atomic E-state index is 12.7. The summed E-state index contributed by atoms with van der Waals surface area (Å²) >= 11 is 1.53. The molecule has 0 bridgehead atoms. The minimum atomic E-state index is -3.28. The highest BCUT2D eigenvalue weighted by atomic mass is 32.2. The summed E-state index contributed by atoms with van der Waals surface area (Å²) in [6, 6.07) is 7.67. The molecule has 3 aromatic rings. The fraction of sp³-hybridized carbons (Fsp3) is 0.438. The molecule has 0 N–H and O–H groups in total. The van der Waals surface area contributed by atoms with Gasteiger partial charge in [-0.05, 0) is 25.3 Å². The van der Waals surface area contributed by atoms with E-state index in [9.17, 15) is 8.42 Å². The van der Waals surface area contributed by atoms with Gasteiger partial charge in [0.2, 0.25) is 15.0 Å². The molecule has 1 aromatic carbocycles. The number of piperidine rings is 1. The Morgan fingerprint density at radius 3 is 2.60 bits per heavy atom. The highest BCUT2D eigenvalue weighted by molar-refractivity contribution is 7.88.